The van der Waals surface area contributed by atoms with Crippen molar-refractivity contribution in [2.24, 2.45) is 0 Å². The number of nitrogens with one attached hydrogen (secondary N) is 1. The Morgan fingerprint density at radius 2 is 1.96 bits per heavy atom. The van der Waals surface area contributed by atoms with Crippen LogP contribution in [0.2, 0.25) is 5.02 Å². The van der Waals surface area contributed by atoms with Crippen molar-refractivity contribution < 1.29 is 18.8 Å². The van der Waals surface area contributed by atoms with E-state index in [4.69, 9.17) is 16.1 Å². The van der Waals surface area contributed by atoms with Crippen molar-refractivity contribution in [2.75, 3.05) is 12.2 Å². The summed E-state index contributed by atoms with van der Waals surface area (Å²) in [5.74, 6) is -1.58. The summed E-state index contributed by atoms with van der Waals surface area (Å²) >= 11 is 6.82. The molecule has 1 aromatic heterocycles. The zero-order chi connectivity index (χ0) is 20.4. The van der Waals surface area contributed by atoms with Gasteiger partial charge in [0.1, 0.15) is 10.7 Å². The van der Waals surface area contributed by atoms with Crippen molar-refractivity contribution in [3.63, 3.8) is 0 Å². The van der Waals surface area contributed by atoms with Gasteiger partial charge in [-0.25, -0.2) is 9.18 Å². The third-order valence-electron chi connectivity index (χ3n) is 4.10. The van der Waals surface area contributed by atoms with Crippen LogP contribution in [0.4, 0.5) is 10.1 Å². The largest absolute Gasteiger partial charge is 0.477 e. The quantitative estimate of drug-likeness (QED) is 0.449. The van der Waals surface area contributed by atoms with Crippen LogP contribution in [0.1, 0.15) is 20.8 Å². The molecule has 0 aliphatic rings. The molecule has 0 spiro atoms. The van der Waals surface area contributed by atoms with Gasteiger partial charge >= 0.3 is 5.97 Å². The lowest BCUT2D eigenvalue weighted by molar-refractivity contribution is 0.0703. The highest BCUT2D eigenvalue weighted by Crippen LogP contribution is 2.43. The first-order chi connectivity index (χ1) is 13.3. The molecule has 0 radical (unpaired) electrons. The second-order valence-corrected chi connectivity index (χ2v) is 9.31. The van der Waals surface area contributed by atoms with Crippen LogP contribution in [0.25, 0.3) is 10.4 Å². The van der Waals surface area contributed by atoms with Crippen LogP contribution in [0.5, 0.6) is 0 Å². The first-order valence-corrected chi connectivity index (χ1v) is 10.8. The molecule has 0 fully saturated rings. The minimum absolute atomic E-state index is 0.0960. The van der Waals surface area contributed by atoms with E-state index in [0.29, 0.717) is 16.1 Å². The van der Waals surface area contributed by atoms with Crippen LogP contribution >= 0.6 is 31.2 Å². The maximum atomic E-state index is 14.3. The van der Waals surface area contributed by atoms with Gasteiger partial charge in [0.15, 0.2) is 8.30 Å². The minimum atomic E-state index is -1.29. The van der Waals surface area contributed by atoms with Crippen LogP contribution in [0, 0.1) is 19.7 Å². The number of aryl methyl sites for hydroxylation is 2. The summed E-state index contributed by atoms with van der Waals surface area (Å²) in [6.45, 7) is 3.99. The number of carboxylic acid groups (broad SMARTS) is 1. The molecule has 8 heteroatoms. The van der Waals surface area contributed by atoms with Crippen molar-refractivity contribution in [3.8, 4) is 10.4 Å². The first-order valence-electron chi connectivity index (χ1n) is 8.31. The predicted octanol–water partition coefficient (Wildman–Crippen LogP) is 6.22. The Kier molecular flexibility index (Phi) is 6.36. The molecule has 1 heterocycles. The lowest BCUT2D eigenvalue weighted by atomic mass is 10.1. The molecule has 3 rings (SSSR count). The SMILES string of the molecule is COP(Nc1cc(-c2ccc(Cl)cc2F)sc1C(=O)O)c1ccc(C)cc1C. The molecule has 0 saturated carbocycles. The van der Waals surface area contributed by atoms with Gasteiger partial charge in [0.2, 0.25) is 0 Å². The van der Waals surface area contributed by atoms with Gasteiger partial charge in [0.05, 0.1) is 5.69 Å². The number of aromatic carboxylic acids is 1. The lowest BCUT2D eigenvalue weighted by Crippen LogP contribution is -2.13. The number of hydrogen-bond donors (Lipinski definition) is 2. The maximum absolute atomic E-state index is 14.3. The van der Waals surface area contributed by atoms with E-state index < -0.39 is 20.1 Å². The van der Waals surface area contributed by atoms with Crippen LogP contribution in [-0.4, -0.2) is 18.2 Å². The van der Waals surface area contributed by atoms with Gasteiger partial charge in [0, 0.05) is 27.9 Å². The van der Waals surface area contributed by atoms with Crippen molar-refractivity contribution in [2.45, 2.75) is 13.8 Å². The molecule has 0 amide bonds. The van der Waals surface area contributed by atoms with Crippen molar-refractivity contribution in [3.05, 3.63) is 69.3 Å². The highest BCUT2D eigenvalue weighted by Gasteiger charge is 2.22. The summed E-state index contributed by atoms with van der Waals surface area (Å²) in [6, 6.07) is 12.0. The fraction of sp³-hybridized carbons (Fsp3) is 0.150. The van der Waals surface area contributed by atoms with Crippen molar-refractivity contribution in [1.29, 1.82) is 0 Å². The Labute approximate surface area is 172 Å². The first kappa shape index (κ1) is 20.7. The normalized spacial score (nSPS) is 12.0. The van der Waals surface area contributed by atoms with Crippen LogP contribution in [-0.2, 0) is 4.52 Å². The van der Waals surface area contributed by atoms with Crippen LogP contribution < -0.4 is 10.4 Å². The smallest absolute Gasteiger partial charge is 0.348 e. The average molecular weight is 438 g/mol. The summed E-state index contributed by atoms with van der Waals surface area (Å²) in [6.07, 6.45) is 0. The minimum Gasteiger partial charge on any atom is -0.477 e. The monoisotopic (exact) mass is 437 g/mol. The molecule has 3 aromatic rings. The number of anilines is 1. The molecular formula is C20H18ClFNO3PS. The molecular weight excluding hydrogens is 420 g/mol. The summed E-state index contributed by atoms with van der Waals surface area (Å²) in [7, 11) is 0.280. The summed E-state index contributed by atoms with van der Waals surface area (Å²) < 4.78 is 19.9. The average Bonchev–Trinajstić information content (AvgIpc) is 3.04. The lowest BCUT2D eigenvalue weighted by Gasteiger charge is -2.19. The zero-order valence-corrected chi connectivity index (χ0v) is 17.9. The van der Waals surface area contributed by atoms with Crippen LogP contribution in [0.3, 0.4) is 0 Å². The number of hydrogen-bond acceptors (Lipinski definition) is 4. The fourth-order valence-corrected chi connectivity index (χ4v) is 5.41. The van der Waals surface area contributed by atoms with E-state index in [0.717, 1.165) is 27.8 Å². The van der Waals surface area contributed by atoms with Gasteiger partial charge in [0.25, 0.3) is 0 Å². The third kappa shape index (κ3) is 4.36. The van der Waals surface area contributed by atoms with Crippen molar-refractivity contribution in [1.82, 2.24) is 0 Å². The number of halogens is 2. The third-order valence-corrected chi connectivity index (χ3v) is 7.24. The molecule has 2 N–H and O–H groups in total. The standard InChI is InChI=1S/C20H18ClFNO3PS/c1-11-4-7-17(12(2)8-11)27(26-3)23-16-10-18(28-19(16)20(24)25)14-6-5-13(21)9-15(14)22/h4-10,23H,1-3H3,(H,24,25). The van der Waals surface area contributed by atoms with E-state index in [2.05, 4.69) is 5.09 Å². The Morgan fingerprint density at radius 1 is 1.21 bits per heavy atom. The predicted molar refractivity (Wildman–Crippen MR) is 115 cm³/mol. The number of benzene rings is 2. The number of thiophene rings is 1. The summed E-state index contributed by atoms with van der Waals surface area (Å²) in [5.41, 5.74) is 2.89. The fourth-order valence-electron chi connectivity index (χ4n) is 2.80. The summed E-state index contributed by atoms with van der Waals surface area (Å²) in [4.78, 5) is 12.3. The number of carboxylic acids is 1. The molecule has 1 unspecified atom stereocenters. The molecule has 1 atom stereocenters. The van der Waals surface area contributed by atoms with E-state index in [1.165, 1.54) is 6.07 Å². The van der Waals surface area contributed by atoms with E-state index >= 15 is 0 Å². The van der Waals surface area contributed by atoms with Gasteiger partial charge in [-0.05, 0) is 49.7 Å². The Balaban J connectivity index is 2.00. The van der Waals surface area contributed by atoms with E-state index in [1.54, 1.807) is 25.3 Å². The molecule has 0 aliphatic heterocycles. The van der Waals surface area contributed by atoms with Crippen molar-refractivity contribution >= 4 is 48.2 Å². The molecule has 0 aliphatic carbocycles. The molecule has 28 heavy (non-hydrogen) atoms. The number of carbonyl (C=O) groups is 1. The maximum Gasteiger partial charge on any atom is 0.348 e. The van der Waals surface area contributed by atoms with Gasteiger partial charge < -0.3 is 14.7 Å². The van der Waals surface area contributed by atoms with E-state index in [-0.39, 0.29) is 9.90 Å². The van der Waals surface area contributed by atoms with Gasteiger partial charge in [-0.3, -0.25) is 0 Å². The summed E-state index contributed by atoms with van der Waals surface area (Å²) in [5, 5.41) is 14.1. The molecule has 2 aromatic carbocycles. The Bertz CT molecular complexity index is 1040. The Hall–Kier alpha value is -1.98. The molecule has 146 valence electrons. The zero-order valence-electron chi connectivity index (χ0n) is 15.4. The topological polar surface area (TPSA) is 58.6 Å². The van der Waals surface area contributed by atoms with E-state index in [9.17, 15) is 14.3 Å². The second-order valence-electron chi connectivity index (χ2n) is 6.16. The van der Waals surface area contributed by atoms with Gasteiger partial charge in [-0.15, -0.1) is 11.3 Å². The molecule has 4 nitrogen and oxygen atoms in total. The van der Waals surface area contributed by atoms with E-state index in [1.807, 2.05) is 32.0 Å². The van der Waals surface area contributed by atoms with Gasteiger partial charge in [-0.1, -0.05) is 29.3 Å². The Morgan fingerprint density at radius 3 is 2.57 bits per heavy atom. The molecule has 0 bridgehead atoms. The highest BCUT2D eigenvalue weighted by atomic mass is 35.5. The van der Waals surface area contributed by atoms with Gasteiger partial charge in [-0.2, -0.15) is 0 Å². The second kappa shape index (κ2) is 8.58. The van der Waals surface area contributed by atoms with Crippen LogP contribution in [0.15, 0.2) is 42.5 Å². The number of rotatable bonds is 6. The molecule has 0 saturated heterocycles. The highest BCUT2D eigenvalue weighted by molar-refractivity contribution is 7.62.